The van der Waals surface area contributed by atoms with Gasteiger partial charge >= 0.3 is 5.97 Å². The molecule has 6 atom stereocenters. The van der Waals surface area contributed by atoms with Crippen LogP contribution in [0.4, 0.5) is 0 Å². The van der Waals surface area contributed by atoms with Crippen LogP contribution in [0.15, 0.2) is 17.1 Å². The van der Waals surface area contributed by atoms with Crippen molar-refractivity contribution in [3.8, 4) is 0 Å². The second-order valence-electron chi connectivity index (χ2n) is 8.85. The van der Waals surface area contributed by atoms with Gasteiger partial charge in [-0.1, -0.05) is 33.8 Å². The molecule has 0 aliphatic carbocycles. The summed E-state index contributed by atoms with van der Waals surface area (Å²) in [5, 5.41) is 8.26. The number of esters is 1. The number of amides is 3. The lowest BCUT2D eigenvalue weighted by Crippen LogP contribution is -2.52. The average molecular weight is 481 g/mol. The molecule has 2 aliphatic rings. The third-order valence-corrected chi connectivity index (χ3v) is 6.94. The molecule has 2 heterocycles. The fourth-order valence-corrected chi connectivity index (χ4v) is 4.72. The van der Waals surface area contributed by atoms with Gasteiger partial charge in [-0.15, -0.1) is 0 Å². The van der Waals surface area contributed by atoms with Gasteiger partial charge in [0.2, 0.25) is 17.7 Å². The van der Waals surface area contributed by atoms with Crippen LogP contribution in [0.2, 0.25) is 0 Å². The zero-order valence-electron chi connectivity index (χ0n) is 20.2. The van der Waals surface area contributed by atoms with Gasteiger partial charge in [0.15, 0.2) is 0 Å². The molecular formula is C23H36N4O5S. The van der Waals surface area contributed by atoms with Gasteiger partial charge in [0.1, 0.15) is 24.2 Å². The summed E-state index contributed by atoms with van der Waals surface area (Å²) in [4.78, 5) is 56.0. The number of hydrogen-bond donors (Lipinski definition) is 3. The smallest absolute Gasteiger partial charge is 0.329 e. The first-order chi connectivity index (χ1) is 15.5. The number of carbonyl (C=O) groups excluding carboxylic acids is 4. The Morgan fingerprint density at radius 2 is 1.82 bits per heavy atom. The molecule has 0 aromatic carbocycles. The summed E-state index contributed by atoms with van der Waals surface area (Å²) >= 11 is 1.52. The number of thioether (sulfide) groups is 1. The zero-order valence-corrected chi connectivity index (χ0v) is 21.0. The van der Waals surface area contributed by atoms with Crippen LogP contribution in [0.5, 0.6) is 0 Å². The molecule has 184 valence electrons. The average Bonchev–Trinajstić information content (AvgIpc) is 2.87. The summed E-state index contributed by atoms with van der Waals surface area (Å²) in [5.74, 6) is -1.41. The molecule has 2 rings (SSSR count). The van der Waals surface area contributed by atoms with E-state index in [-0.39, 0.29) is 35.4 Å². The minimum absolute atomic E-state index is 0.127. The molecule has 0 spiro atoms. The van der Waals surface area contributed by atoms with Crippen molar-refractivity contribution >= 4 is 41.2 Å². The summed E-state index contributed by atoms with van der Waals surface area (Å²) in [5.41, 5.74) is 0.624. The summed E-state index contributed by atoms with van der Waals surface area (Å²) in [6.07, 6.45) is 3.23. The van der Waals surface area contributed by atoms with Crippen molar-refractivity contribution in [2.45, 2.75) is 89.9 Å². The maximum atomic E-state index is 13.1. The predicted octanol–water partition coefficient (Wildman–Crippen LogP) is 1.36. The molecule has 0 saturated carbocycles. The Kier molecular flexibility index (Phi) is 9.94. The van der Waals surface area contributed by atoms with Crippen molar-refractivity contribution < 1.29 is 23.9 Å². The zero-order chi connectivity index (χ0) is 24.7. The van der Waals surface area contributed by atoms with Crippen LogP contribution in [0.25, 0.3) is 0 Å². The molecular weight excluding hydrogens is 444 g/mol. The molecule has 10 heteroatoms. The van der Waals surface area contributed by atoms with Gasteiger partial charge in [-0.2, -0.15) is 11.8 Å². The molecule has 0 fully saturated rings. The van der Waals surface area contributed by atoms with Crippen molar-refractivity contribution in [2.24, 2.45) is 10.9 Å². The fourth-order valence-electron chi connectivity index (χ4n) is 3.53. The Morgan fingerprint density at radius 1 is 1.12 bits per heavy atom. The first-order valence-electron chi connectivity index (χ1n) is 11.5. The van der Waals surface area contributed by atoms with E-state index in [1.165, 1.54) is 11.8 Å². The number of ether oxygens (including phenoxy) is 1. The minimum Gasteiger partial charge on any atom is -0.456 e. The van der Waals surface area contributed by atoms with Gasteiger partial charge in [-0.3, -0.25) is 19.4 Å². The highest BCUT2D eigenvalue weighted by Crippen LogP contribution is 2.23. The molecule has 33 heavy (non-hydrogen) atoms. The fraction of sp³-hybridized carbons (Fsp3) is 0.696. The first kappa shape index (κ1) is 26.9. The Morgan fingerprint density at radius 3 is 2.45 bits per heavy atom. The quantitative estimate of drug-likeness (QED) is 0.414. The first-order valence-corrected chi connectivity index (χ1v) is 12.5. The SMILES string of the molecule is CCC=CC1CC(=O)NC(C)C(=O)NC2CSC(C)C(N=C2C)C(=O)NC(C(C)C)C(=O)O1. The number of carbonyl (C=O) groups is 4. The molecule has 0 saturated heterocycles. The molecule has 2 aliphatic heterocycles. The van der Waals surface area contributed by atoms with Crippen LogP contribution in [0.1, 0.15) is 54.4 Å². The predicted molar refractivity (Wildman–Crippen MR) is 129 cm³/mol. The molecule has 0 aromatic heterocycles. The number of cyclic esters (lactones) is 1. The largest absolute Gasteiger partial charge is 0.456 e. The summed E-state index contributed by atoms with van der Waals surface area (Å²) in [6.45, 7) is 10.8. The highest BCUT2D eigenvalue weighted by atomic mass is 32.2. The molecule has 0 radical (unpaired) electrons. The number of rotatable bonds is 3. The number of nitrogens with zero attached hydrogens (tertiary/aromatic N) is 1. The third-order valence-electron chi connectivity index (χ3n) is 5.63. The second kappa shape index (κ2) is 12.2. The summed E-state index contributed by atoms with van der Waals surface area (Å²) < 4.78 is 5.62. The Labute approximate surface area is 199 Å². The van der Waals surface area contributed by atoms with Crippen LogP contribution in [-0.2, 0) is 23.9 Å². The van der Waals surface area contributed by atoms with Gasteiger partial charge in [0.05, 0.1) is 12.5 Å². The van der Waals surface area contributed by atoms with E-state index >= 15 is 0 Å². The van der Waals surface area contributed by atoms with Gasteiger partial charge in [0.25, 0.3) is 0 Å². The van der Waals surface area contributed by atoms with E-state index in [1.54, 1.807) is 19.9 Å². The van der Waals surface area contributed by atoms with E-state index in [2.05, 4.69) is 20.9 Å². The normalized spacial score (nSPS) is 32.6. The number of aliphatic imine (C=N–C) groups is 1. The van der Waals surface area contributed by atoms with E-state index in [1.807, 2.05) is 33.8 Å². The van der Waals surface area contributed by atoms with Crippen molar-refractivity contribution in [2.75, 3.05) is 5.75 Å². The van der Waals surface area contributed by atoms with Crippen LogP contribution in [-0.4, -0.2) is 70.7 Å². The van der Waals surface area contributed by atoms with Crippen LogP contribution in [0.3, 0.4) is 0 Å². The standard InChI is InChI=1S/C23H36N4O5S/c1-7-8-9-16-10-18(28)24-14(5)21(29)26-17-11-33-15(6)20(25-13(17)4)22(30)27-19(12(2)3)23(31)32-16/h8-9,12,14-17,19-20H,7,10-11H2,1-6H3,(H,24,28)(H,26,29)(H,27,30). The Balaban J connectivity index is 2.42. The number of hydrogen-bond acceptors (Lipinski definition) is 7. The van der Waals surface area contributed by atoms with Crippen molar-refractivity contribution in [3.05, 3.63) is 12.2 Å². The van der Waals surface area contributed by atoms with Gasteiger partial charge in [0, 0.05) is 16.7 Å². The summed E-state index contributed by atoms with van der Waals surface area (Å²) in [6, 6.07) is -2.72. The lowest BCUT2D eigenvalue weighted by atomic mass is 10.0. The molecule has 9 nitrogen and oxygen atoms in total. The third kappa shape index (κ3) is 7.58. The van der Waals surface area contributed by atoms with Gasteiger partial charge < -0.3 is 20.7 Å². The topological polar surface area (TPSA) is 126 Å². The number of fused-ring (bicyclic) bond motifs is 2. The van der Waals surface area contributed by atoms with Crippen molar-refractivity contribution in [3.63, 3.8) is 0 Å². The molecule has 2 bridgehead atoms. The van der Waals surface area contributed by atoms with Crippen molar-refractivity contribution in [1.29, 1.82) is 0 Å². The molecule has 0 aromatic rings. The highest BCUT2D eigenvalue weighted by molar-refractivity contribution is 8.00. The number of allylic oxidation sites excluding steroid dienone is 1. The Bertz CT molecular complexity index is 813. The van der Waals surface area contributed by atoms with E-state index in [0.29, 0.717) is 17.9 Å². The highest BCUT2D eigenvalue weighted by Gasteiger charge is 2.36. The number of nitrogens with one attached hydrogen (secondary N) is 3. The van der Waals surface area contributed by atoms with Crippen LogP contribution in [0, 0.1) is 5.92 Å². The minimum atomic E-state index is -0.878. The lowest BCUT2D eigenvalue weighted by molar-refractivity contribution is -0.153. The van der Waals surface area contributed by atoms with Gasteiger partial charge in [-0.25, -0.2) is 4.79 Å². The Hall–Kier alpha value is -2.36. The van der Waals surface area contributed by atoms with Crippen LogP contribution < -0.4 is 16.0 Å². The van der Waals surface area contributed by atoms with E-state index < -0.39 is 36.1 Å². The van der Waals surface area contributed by atoms with Gasteiger partial charge in [-0.05, 0) is 32.3 Å². The monoisotopic (exact) mass is 480 g/mol. The molecule has 3 N–H and O–H groups in total. The van der Waals surface area contributed by atoms with E-state index in [4.69, 9.17) is 4.74 Å². The van der Waals surface area contributed by atoms with Crippen LogP contribution >= 0.6 is 11.8 Å². The van der Waals surface area contributed by atoms with E-state index in [0.717, 1.165) is 0 Å². The molecule has 3 amide bonds. The second-order valence-corrected chi connectivity index (χ2v) is 10.3. The van der Waals surface area contributed by atoms with Crippen molar-refractivity contribution in [1.82, 2.24) is 16.0 Å². The lowest BCUT2D eigenvalue weighted by Gasteiger charge is -2.26. The summed E-state index contributed by atoms with van der Waals surface area (Å²) in [7, 11) is 0. The van der Waals surface area contributed by atoms with E-state index in [9.17, 15) is 19.2 Å². The maximum Gasteiger partial charge on any atom is 0.329 e. The molecule has 6 unspecified atom stereocenters. The maximum absolute atomic E-state index is 13.1.